The largest absolute Gasteiger partial charge is 0.298 e. The van der Waals surface area contributed by atoms with Crippen LogP contribution in [-0.4, -0.2) is 11.4 Å². The van der Waals surface area contributed by atoms with E-state index in [-0.39, 0.29) is 0 Å². The highest BCUT2D eigenvalue weighted by molar-refractivity contribution is 7.78. The van der Waals surface area contributed by atoms with Gasteiger partial charge in [-0.3, -0.25) is 4.79 Å². The van der Waals surface area contributed by atoms with Crippen LogP contribution >= 0.6 is 12.2 Å². The normalized spacial score (nSPS) is 8.62. The van der Waals surface area contributed by atoms with E-state index in [0.29, 0.717) is 23.1 Å². The Balaban J connectivity index is 3.26. The molecule has 0 N–H and O–H groups in total. The van der Waals surface area contributed by atoms with E-state index in [1.165, 1.54) is 0 Å². The molecule has 1 rings (SSSR count). The average molecular weight is 189 g/mol. The third-order valence-electron chi connectivity index (χ3n) is 1.56. The second-order valence-corrected chi connectivity index (χ2v) is 2.55. The molecule has 64 valence electrons. The van der Waals surface area contributed by atoms with Crippen molar-refractivity contribution >= 4 is 34.9 Å². The molecule has 0 radical (unpaired) electrons. The number of para-hydroxylation sites is 1. The lowest BCUT2D eigenvalue weighted by molar-refractivity contribution is -0.103. The number of benzene rings is 1. The third kappa shape index (κ3) is 2.18. The maximum absolute atomic E-state index is 10.5. The molecule has 0 heterocycles. The number of isothiocyanates is 1. The fraction of sp³-hybridized carbons (Fsp3) is 0. The first kappa shape index (κ1) is 9.52. The summed E-state index contributed by atoms with van der Waals surface area (Å²) in [4.78, 5) is 14.3. The van der Waals surface area contributed by atoms with E-state index in [9.17, 15) is 4.79 Å². The Hall–Kier alpha value is -1.57. The second kappa shape index (κ2) is 4.45. The van der Waals surface area contributed by atoms with Crippen LogP contribution < -0.4 is 0 Å². The summed E-state index contributed by atoms with van der Waals surface area (Å²) in [5.74, 6) is 0. The number of aldehydes is 1. The summed E-state index contributed by atoms with van der Waals surface area (Å²) in [6.45, 7) is 3.60. The Morgan fingerprint density at radius 3 is 2.85 bits per heavy atom. The van der Waals surface area contributed by atoms with Gasteiger partial charge in [-0.1, -0.05) is 24.8 Å². The zero-order valence-corrected chi connectivity index (χ0v) is 7.67. The summed E-state index contributed by atoms with van der Waals surface area (Å²) in [7, 11) is 0. The van der Waals surface area contributed by atoms with Gasteiger partial charge in [0.25, 0.3) is 0 Å². The van der Waals surface area contributed by atoms with Gasteiger partial charge in [0, 0.05) is 11.1 Å². The Morgan fingerprint density at radius 1 is 1.54 bits per heavy atom. The van der Waals surface area contributed by atoms with Gasteiger partial charge in [-0.25, -0.2) is 0 Å². The summed E-state index contributed by atoms with van der Waals surface area (Å²) < 4.78 is 0. The van der Waals surface area contributed by atoms with Gasteiger partial charge in [0.2, 0.25) is 0 Å². The van der Waals surface area contributed by atoms with Crippen molar-refractivity contribution in [2.75, 3.05) is 0 Å². The lowest BCUT2D eigenvalue weighted by atomic mass is 10.1. The van der Waals surface area contributed by atoms with E-state index < -0.39 is 0 Å². The van der Waals surface area contributed by atoms with Gasteiger partial charge in [-0.2, -0.15) is 4.99 Å². The smallest absolute Gasteiger partial charge is 0.150 e. The Morgan fingerprint density at radius 2 is 2.23 bits per heavy atom. The van der Waals surface area contributed by atoms with Crippen LogP contribution in [0.5, 0.6) is 0 Å². The highest BCUT2D eigenvalue weighted by atomic mass is 32.1. The molecule has 3 heteroatoms. The lowest BCUT2D eigenvalue weighted by Gasteiger charge is -2.00. The SMILES string of the molecule is C=C(C=O)c1ccccc1N=C=S. The molecule has 1 aromatic rings. The van der Waals surface area contributed by atoms with Crippen molar-refractivity contribution in [3.05, 3.63) is 36.4 Å². The predicted molar refractivity (Wildman–Crippen MR) is 56.2 cm³/mol. The molecule has 0 amide bonds. The van der Waals surface area contributed by atoms with Crippen LogP contribution in [0.4, 0.5) is 5.69 Å². The summed E-state index contributed by atoms with van der Waals surface area (Å²) in [6.07, 6.45) is 0.692. The van der Waals surface area contributed by atoms with Crippen molar-refractivity contribution in [3.8, 4) is 0 Å². The fourth-order valence-electron chi connectivity index (χ4n) is 0.955. The maximum atomic E-state index is 10.5. The monoisotopic (exact) mass is 189 g/mol. The predicted octanol–water partition coefficient (Wildman–Crippen LogP) is 2.63. The van der Waals surface area contributed by atoms with Crippen LogP contribution in [0, 0.1) is 0 Å². The summed E-state index contributed by atoms with van der Waals surface area (Å²) in [5.41, 5.74) is 1.70. The van der Waals surface area contributed by atoms with Gasteiger partial charge in [0.1, 0.15) is 6.29 Å². The van der Waals surface area contributed by atoms with Crippen molar-refractivity contribution in [1.29, 1.82) is 0 Å². The molecule has 0 saturated carbocycles. The molecule has 0 bridgehead atoms. The van der Waals surface area contributed by atoms with Crippen LogP contribution in [0.3, 0.4) is 0 Å². The first-order valence-corrected chi connectivity index (χ1v) is 4.01. The van der Waals surface area contributed by atoms with E-state index in [4.69, 9.17) is 0 Å². The van der Waals surface area contributed by atoms with E-state index in [2.05, 4.69) is 29.0 Å². The zero-order chi connectivity index (χ0) is 9.68. The van der Waals surface area contributed by atoms with Crippen molar-refractivity contribution in [2.24, 2.45) is 4.99 Å². The molecule has 0 atom stereocenters. The summed E-state index contributed by atoms with van der Waals surface area (Å²) in [5, 5.41) is 2.25. The highest BCUT2D eigenvalue weighted by Crippen LogP contribution is 2.23. The van der Waals surface area contributed by atoms with Crippen LogP contribution in [-0.2, 0) is 4.79 Å². The van der Waals surface area contributed by atoms with Gasteiger partial charge in [0.15, 0.2) is 0 Å². The minimum absolute atomic E-state index is 0.393. The first-order valence-electron chi connectivity index (χ1n) is 3.61. The standard InChI is InChI=1S/C10H7NOS/c1-8(6-12)9-4-2-3-5-10(9)11-7-13/h2-6H,1H2. The van der Waals surface area contributed by atoms with Gasteiger partial charge in [0.05, 0.1) is 10.8 Å². The van der Waals surface area contributed by atoms with Gasteiger partial charge in [-0.15, -0.1) is 0 Å². The van der Waals surface area contributed by atoms with E-state index in [0.717, 1.165) is 0 Å². The van der Waals surface area contributed by atoms with Crippen LogP contribution in [0.15, 0.2) is 35.8 Å². The Bertz CT molecular complexity index is 392. The number of aliphatic imine (C=N–C) groups is 1. The minimum Gasteiger partial charge on any atom is -0.298 e. The average Bonchev–Trinajstić information content (AvgIpc) is 2.18. The van der Waals surface area contributed by atoms with Crippen molar-refractivity contribution in [2.45, 2.75) is 0 Å². The highest BCUT2D eigenvalue weighted by Gasteiger charge is 2.02. The number of carbonyl (C=O) groups excluding carboxylic acids is 1. The molecule has 0 aromatic heterocycles. The third-order valence-corrected chi connectivity index (χ3v) is 1.65. The molecule has 2 nitrogen and oxygen atoms in total. The van der Waals surface area contributed by atoms with Crippen LogP contribution in [0.25, 0.3) is 5.57 Å². The molecule has 0 aliphatic rings. The molecular weight excluding hydrogens is 182 g/mol. The molecule has 0 fully saturated rings. The number of rotatable bonds is 3. The quantitative estimate of drug-likeness (QED) is 0.316. The Kier molecular flexibility index (Phi) is 3.26. The van der Waals surface area contributed by atoms with Crippen molar-refractivity contribution in [1.82, 2.24) is 0 Å². The maximum Gasteiger partial charge on any atom is 0.150 e. The number of hydrogen-bond donors (Lipinski definition) is 0. The Labute approximate surface area is 81.6 Å². The molecule has 0 spiro atoms. The topological polar surface area (TPSA) is 29.4 Å². The minimum atomic E-state index is 0.393. The number of carbonyl (C=O) groups is 1. The van der Waals surface area contributed by atoms with Gasteiger partial charge < -0.3 is 0 Å². The fourth-order valence-corrected chi connectivity index (χ4v) is 1.05. The molecule has 0 unspecified atom stereocenters. The van der Waals surface area contributed by atoms with Crippen LogP contribution in [0.2, 0.25) is 0 Å². The number of hydrogen-bond acceptors (Lipinski definition) is 3. The summed E-state index contributed by atoms with van der Waals surface area (Å²) >= 11 is 4.48. The molecule has 1 aromatic carbocycles. The van der Waals surface area contributed by atoms with Crippen molar-refractivity contribution in [3.63, 3.8) is 0 Å². The van der Waals surface area contributed by atoms with E-state index in [1.54, 1.807) is 12.1 Å². The number of nitrogens with zero attached hydrogens (tertiary/aromatic N) is 1. The molecule has 0 saturated heterocycles. The number of thiocarbonyl (C=S) groups is 1. The lowest BCUT2D eigenvalue weighted by Crippen LogP contribution is -1.83. The molecule has 13 heavy (non-hydrogen) atoms. The first-order chi connectivity index (χ1) is 6.29. The second-order valence-electron chi connectivity index (χ2n) is 2.36. The van der Waals surface area contributed by atoms with Gasteiger partial charge in [-0.05, 0) is 18.3 Å². The number of allylic oxidation sites excluding steroid dienone is 1. The summed E-state index contributed by atoms with van der Waals surface area (Å²) in [6, 6.07) is 7.14. The van der Waals surface area contributed by atoms with E-state index >= 15 is 0 Å². The molecule has 0 aliphatic carbocycles. The van der Waals surface area contributed by atoms with Crippen LogP contribution in [0.1, 0.15) is 5.56 Å². The van der Waals surface area contributed by atoms with E-state index in [1.807, 2.05) is 12.1 Å². The molecular formula is C10H7NOS. The zero-order valence-electron chi connectivity index (χ0n) is 6.86. The van der Waals surface area contributed by atoms with Gasteiger partial charge >= 0.3 is 0 Å². The van der Waals surface area contributed by atoms with Crippen molar-refractivity contribution < 1.29 is 4.79 Å². The molecule has 0 aliphatic heterocycles.